The molecule has 5 aromatic rings. The van der Waals surface area contributed by atoms with Crippen molar-refractivity contribution in [2.24, 2.45) is 7.05 Å². The first-order valence-electron chi connectivity index (χ1n) is 14.3. The van der Waals surface area contributed by atoms with Crippen LogP contribution in [0.4, 0.5) is 22.0 Å². The van der Waals surface area contributed by atoms with Crippen LogP contribution in [0.2, 0.25) is 0 Å². The van der Waals surface area contributed by atoms with Gasteiger partial charge in [-0.3, -0.25) is 9.48 Å². The van der Waals surface area contributed by atoms with Gasteiger partial charge in [0.15, 0.2) is 23.1 Å². The summed E-state index contributed by atoms with van der Waals surface area (Å²) in [5, 5.41) is 13.7. The van der Waals surface area contributed by atoms with E-state index in [2.05, 4.69) is 19.6 Å². The van der Waals surface area contributed by atoms with Crippen molar-refractivity contribution in [1.82, 2.24) is 19.7 Å². The molecule has 0 radical (unpaired) electrons. The Kier molecular flexibility index (Phi) is 8.24. The number of halogens is 5. The molecule has 0 saturated carbocycles. The lowest BCUT2D eigenvalue weighted by molar-refractivity contribution is -0.286. The Morgan fingerprint density at radius 1 is 1.00 bits per heavy atom. The van der Waals surface area contributed by atoms with Gasteiger partial charge in [-0.15, -0.1) is 20.5 Å². The summed E-state index contributed by atoms with van der Waals surface area (Å²) in [4.78, 5) is 18.1. The predicted octanol–water partition coefficient (Wildman–Crippen LogP) is 7.24. The van der Waals surface area contributed by atoms with Crippen LogP contribution in [0, 0.1) is 12.7 Å². The Morgan fingerprint density at radius 3 is 2.40 bits per heavy atom. The fourth-order valence-electron chi connectivity index (χ4n) is 5.41. The number of carbonyl (C=O) groups excluding carboxylic acids is 1. The number of nitrogens with zero attached hydrogens (tertiary/aromatic N) is 4. The molecule has 9 nitrogen and oxygen atoms in total. The smallest absolute Gasteiger partial charge is 0.440 e. The van der Waals surface area contributed by atoms with Crippen LogP contribution in [0.15, 0.2) is 63.9 Å². The van der Waals surface area contributed by atoms with Crippen LogP contribution in [-0.2, 0) is 24.4 Å². The molecule has 1 aliphatic rings. The van der Waals surface area contributed by atoms with Crippen LogP contribution in [0.5, 0.6) is 11.5 Å². The molecule has 3 heterocycles. The lowest BCUT2D eigenvalue weighted by atomic mass is 9.93. The molecule has 15 heteroatoms. The zero-order chi connectivity index (χ0) is 34.7. The van der Waals surface area contributed by atoms with Crippen LogP contribution >= 0.6 is 11.8 Å². The van der Waals surface area contributed by atoms with Gasteiger partial charge in [0.25, 0.3) is 5.91 Å². The molecule has 0 atom stereocenters. The lowest BCUT2D eigenvalue weighted by Crippen LogP contribution is -2.37. The van der Waals surface area contributed by atoms with Crippen LogP contribution in [0.3, 0.4) is 0 Å². The molecule has 3 aromatic carbocycles. The largest absolute Gasteiger partial charge is 0.586 e. The van der Waals surface area contributed by atoms with Crippen molar-refractivity contribution in [3.05, 3.63) is 77.6 Å². The van der Waals surface area contributed by atoms with Crippen molar-refractivity contribution in [3.8, 4) is 56.5 Å². The van der Waals surface area contributed by atoms with Crippen molar-refractivity contribution in [3.63, 3.8) is 0 Å². The predicted molar refractivity (Wildman–Crippen MR) is 166 cm³/mol. The Labute approximate surface area is 274 Å². The number of fused-ring (bicyclic) bond motifs is 1. The number of benzene rings is 3. The highest BCUT2D eigenvalue weighted by Crippen LogP contribution is 2.46. The van der Waals surface area contributed by atoms with Crippen LogP contribution in [0.1, 0.15) is 17.1 Å². The molecule has 2 aromatic heterocycles. The van der Waals surface area contributed by atoms with E-state index in [-0.39, 0.29) is 40.1 Å². The van der Waals surface area contributed by atoms with E-state index < -0.39 is 36.2 Å². The third kappa shape index (κ3) is 5.76. The molecule has 48 heavy (non-hydrogen) atoms. The van der Waals surface area contributed by atoms with Gasteiger partial charge in [0.1, 0.15) is 17.2 Å². The second kappa shape index (κ2) is 12.0. The number of rotatable bonds is 8. The van der Waals surface area contributed by atoms with Crippen LogP contribution in [0.25, 0.3) is 45.0 Å². The van der Waals surface area contributed by atoms with Crippen molar-refractivity contribution < 1.29 is 45.7 Å². The maximum atomic E-state index is 15.2. The number of oxazole rings is 1. The van der Waals surface area contributed by atoms with Crippen molar-refractivity contribution in [2.45, 2.75) is 30.6 Å². The molecule has 1 N–H and O–H groups in total. The summed E-state index contributed by atoms with van der Waals surface area (Å²) in [6.07, 6.45) is -2.11. The van der Waals surface area contributed by atoms with E-state index in [9.17, 15) is 18.7 Å². The maximum absolute atomic E-state index is 15.2. The quantitative estimate of drug-likeness (QED) is 0.135. The number of hydrogen-bond donors (Lipinski definition) is 1. The van der Waals surface area contributed by atoms with E-state index in [0.717, 1.165) is 11.0 Å². The van der Waals surface area contributed by atoms with E-state index in [1.165, 1.54) is 61.9 Å². The first-order valence-corrected chi connectivity index (χ1v) is 15.5. The average molecular weight is 687 g/mol. The Bertz CT molecular complexity index is 2080. The van der Waals surface area contributed by atoms with Gasteiger partial charge in [0, 0.05) is 55.2 Å². The Balaban J connectivity index is 1.57. The second-order valence-corrected chi connectivity index (χ2v) is 12.0. The van der Waals surface area contributed by atoms with Gasteiger partial charge in [-0.2, -0.15) is 13.9 Å². The highest BCUT2D eigenvalue weighted by atomic mass is 32.2. The zero-order valence-corrected chi connectivity index (χ0v) is 26.9. The molecular weight excluding hydrogens is 659 g/mol. The normalized spacial score (nSPS) is 13.6. The Morgan fingerprint density at radius 2 is 1.71 bits per heavy atom. The highest BCUT2D eigenvalue weighted by molar-refractivity contribution is 7.98. The number of likely N-dealkylation sites (N-methyl/N-ethyl adjacent to an activating group) is 1. The molecule has 0 unspecified atom stereocenters. The minimum absolute atomic E-state index is 0.131. The fraction of sp³-hybridized carbons (Fsp3) is 0.242. The first kappa shape index (κ1) is 33.0. The number of aromatic nitrogens is 3. The van der Waals surface area contributed by atoms with Gasteiger partial charge >= 0.3 is 12.2 Å². The topological polar surface area (TPSA) is 103 Å². The van der Waals surface area contributed by atoms with Gasteiger partial charge in [-0.25, -0.2) is 9.37 Å². The molecule has 0 spiro atoms. The summed E-state index contributed by atoms with van der Waals surface area (Å²) in [6.45, 7) is 1.07. The standard InChI is InChI=1S/C33H27F5N4O5S/c1-16-39-29(18-7-9-25-26(12-18)47-33(37,38)46-25)30(45-16)21-10-17(19-11-23(34)22(15-43)27(13-19)48-5)6-8-20(21)24-14-28(40-42(24)4)32(35,36)31(44)41(2)3/h6-14,43H,15H2,1-5H3. The molecule has 0 fully saturated rings. The molecule has 6 rings (SSSR count). The molecule has 1 amide bonds. The minimum Gasteiger partial charge on any atom is -0.440 e. The maximum Gasteiger partial charge on any atom is 0.586 e. The highest BCUT2D eigenvalue weighted by Gasteiger charge is 2.45. The minimum atomic E-state index is -3.94. The van der Waals surface area contributed by atoms with E-state index in [0.29, 0.717) is 32.7 Å². The van der Waals surface area contributed by atoms with Crippen molar-refractivity contribution >= 4 is 17.7 Å². The summed E-state index contributed by atoms with van der Waals surface area (Å²) < 4.78 is 89.6. The number of aryl methyl sites for hydroxylation is 2. The van der Waals surface area contributed by atoms with Gasteiger partial charge in [0.2, 0.25) is 0 Å². The number of aliphatic hydroxyl groups excluding tert-OH is 1. The number of amides is 1. The molecule has 0 bridgehead atoms. The molecule has 1 aliphatic heterocycles. The Hall–Kier alpha value is -4.89. The molecule has 0 saturated heterocycles. The SMILES string of the molecule is CSc1cc(-c2ccc(-c3cc(C(F)(F)C(=O)N(C)C)nn3C)c(-c3oc(C)nc3-c3ccc4c(c3)OC(F)(F)O4)c2)cc(F)c1CO. The molecule has 250 valence electrons. The number of aliphatic hydroxyl groups is 1. The number of carbonyl (C=O) groups is 1. The van der Waals surface area contributed by atoms with Crippen LogP contribution < -0.4 is 9.47 Å². The average Bonchev–Trinajstić information content (AvgIpc) is 3.72. The lowest BCUT2D eigenvalue weighted by Gasteiger charge is -2.17. The summed E-state index contributed by atoms with van der Waals surface area (Å²) >= 11 is 1.25. The fourth-order valence-corrected chi connectivity index (χ4v) is 6.07. The first-order chi connectivity index (χ1) is 22.6. The molecular formula is C33H27F5N4O5S. The summed E-state index contributed by atoms with van der Waals surface area (Å²) in [6, 6.07) is 13.1. The van der Waals surface area contributed by atoms with Gasteiger partial charge in [0.05, 0.1) is 12.3 Å². The van der Waals surface area contributed by atoms with E-state index in [4.69, 9.17) is 4.42 Å². The van der Waals surface area contributed by atoms with E-state index in [1.54, 1.807) is 37.4 Å². The number of thioether (sulfide) groups is 1. The summed E-state index contributed by atoms with van der Waals surface area (Å²) in [7, 11) is 3.85. The third-order valence-electron chi connectivity index (χ3n) is 7.69. The van der Waals surface area contributed by atoms with E-state index >= 15 is 13.2 Å². The number of hydrogen-bond acceptors (Lipinski definition) is 8. The second-order valence-electron chi connectivity index (χ2n) is 11.1. The number of alkyl halides is 4. The van der Waals surface area contributed by atoms with Crippen molar-refractivity contribution in [1.29, 1.82) is 0 Å². The van der Waals surface area contributed by atoms with E-state index in [1.807, 2.05) is 0 Å². The summed E-state index contributed by atoms with van der Waals surface area (Å²) in [5.74, 6) is -6.11. The summed E-state index contributed by atoms with van der Waals surface area (Å²) in [5.41, 5.74) is 1.62. The van der Waals surface area contributed by atoms with Crippen molar-refractivity contribution in [2.75, 3.05) is 20.4 Å². The van der Waals surface area contributed by atoms with Gasteiger partial charge < -0.3 is 23.9 Å². The molecule has 0 aliphatic carbocycles. The monoisotopic (exact) mass is 686 g/mol. The third-order valence-corrected chi connectivity index (χ3v) is 8.50. The zero-order valence-electron chi connectivity index (χ0n) is 26.1. The number of ether oxygens (including phenoxy) is 2. The van der Waals surface area contributed by atoms with Gasteiger partial charge in [-0.05, 0) is 59.8 Å². The van der Waals surface area contributed by atoms with Crippen LogP contribution in [-0.4, -0.2) is 57.3 Å². The van der Waals surface area contributed by atoms with Gasteiger partial charge in [-0.1, -0.05) is 12.1 Å².